The Balaban J connectivity index is 1.80. The molecule has 4 rings (SSSR count). The number of hydrogen-bond donors (Lipinski definition) is 3. The topological polar surface area (TPSA) is 180 Å². The van der Waals surface area contributed by atoms with Crippen molar-refractivity contribution in [2.75, 3.05) is 14.2 Å². The molecule has 0 bridgehead atoms. The fourth-order valence-electron chi connectivity index (χ4n) is 4.56. The molecule has 48 heavy (non-hydrogen) atoms. The summed E-state index contributed by atoms with van der Waals surface area (Å²) in [5, 5.41) is 33.1. The molecule has 0 aliphatic rings. The Kier molecular flexibility index (Phi) is 11.6. The fraction of sp³-hybridized carbons (Fsp3) is 0.343. The van der Waals surface area contributed by atoms with Gasteiger partial charge in [0, 0.05) is 18.2 Å². The number of phenols is 3. The summed E-state index contributed by atoms with van der Waals surface area (Å²) in [5.74, 6) is -0.874. The van der Waals surface area contributed by atoms with Crippen molar-refractivity contribution in [1.82, 2.24) is 15.0 Å². The van der Waals surface area contributed by atoms with Crippen LogP contribution in [0.25, 0.3) is 34.2 Å². The predicted octanol–water partition coefficient (Wildman–Crippen LogP) is 5.83. The van der Waals surface area contributed by atoms with Gasteiger partial charge < -0.3 is 39.0 Å². The SMILES string of the molecule is CCC(C)Oc1ccc(-c2nc(-c3ccc(OC(CC)C(=O)OC)cc3O)nc(-c3ccc(OC(CC)C(=O)OC)cc3O)n2)c(O)c1. The number of phenolic OH excluding ortho intramolecular Hbond substituents is 3. The average Bonchev–Trinajstić information content (AvgIpc) is 3.08. The molecule has 0 fully saturated rings. The van der Waals surface area contributed by atoms with E-state index in [-0.39, 0.29) is 69.0 Å². The number of carbonyl (C=O) groups excluding carboxylic acids is 2. The Morgan fingerprint density at radius 2 is 0.917 bits per heavy atom. The van der Waals surface area contributed by atoms with Crippen LogP contribution in [0.4, 0.5) is 0 Å². The molecule has 0 saturated heterocycles. The van der Waals surface area contributed by atoms with Crippen LogP contribution in [-0.4, -0.2) is 74.7 Å². The quantitative estimate of drug-likeness (QED) is 0.138. The van der Waals surface area contributed by atoms with Gasteiger partial charge in [-0.1, -0.05) is 20.8 Å². The van der Waals surface area contributed by atoms with E-state index in [2.05, 4.69) is 15.0 Å². The van der Waals surface area contributed by atoms with E-state index in [1.54, 1.807) is 26.0 Å². The fourth-order valence-corrected chi connectivity index (χ4v) is 4.56. The van der Waals surface area contributed by atoms with Gasteiger partial charge in [0.25, 0.3) is 0 Å². The molecule has 1 aromatic heterocycles. The van der Waals surface area contributed by atoms with Gasteiger partial charge in [-0.15, -0.1) is 0 Å². The number of hydrogen-bond acceptors (Lipinski definition) is 13. The second kappa shape index (κ2) is 15.8. The van der Waals surface area contributed by atoms with E-state index in [0.717, 1.165) is 6.42 Å². The lowest BCUT2D eigenvalue weighted by Gasteiger charge is -2.17. The molecule has 0 amide bonds. The van der Waals surface area contributed by atoms with E-state index in [1.807, 2.05) is 13.8 Å². The predicted molar refractivity (Wildman–Crippen MR) is 175 cm³/mol. The number of methoxy groups -OCH3 is 2. The van der Waals surface area contributed by atoms with Crippen molar-refractivity contribution in [3.05, 3.63) is 54.6 Å². The highest BCUT2D eigenvalue weighted by Gasteiger charge is 2.23. The van der Waals surface area contributed by atoms with Crippen molar-refractivity contribution in [1.29, 1.82) is 0 Å². The van der Waals surface area contributed by atoms with E-state index in [0.29, 0.717) is 18.6 Å². The normalized spacial score (nSPS) is 12.8. The molecule has 0 aliphatic heterocycles. The first-order valence-corrected chi connectivity index (χ1v) is 15.4. The van der Waals surface area contributed by atoms with Crippen molar-refractivity contribution >= 4 is 11.9 Å². The number of aromatic nitrogens is 3. The van der Waals surface area contributed by atoms with Gasteiger partial charge in [-0.3, -0.25) is 0 Å². The maximum Gasteiger partial charge on any atom is 0.347 e. The first-order valence-electron chi connectivity index (χ1n) is 15.4. The second-order valence-corrected chi connectivity index (χ2v) is 10.8. The maximum atomic E-state index is 12.0. The summed E-state index contributed by atoms with van der Waals surface area (Å²) in [4.78, 5) is 37.7. The third-order valence-corrected chi connectivity index (χ3v) is 7.40. The van der Waals surface area contributed by atoms with Crippen LogP contribution in [0, 0.1) is 0 Å². The molecular weight excluding hydrogens is 622 g/mol. The van der Waals surface area contributed by atoms with Crippen LogP contribution < -0.4 is 14.2 Å². The minimum atomic E-state index is -0.874. The van der Waals surface area contributed by atoms with E-state index in [1.165, 1.54) is 56.7 Å². The number of esters is 2. The summed E-state index contributed by atoms with van der Waals surface area (Å²) in [6.45, 7) is 7.42. The summed E-state index contributed by atoms with van der Waals surface area (Å²) in [5.41, 5.74) is 0.596. The summed E-state index contributed by atoms with van der Waals surface area (Å²) < 4.78 is 26.8. The van der Waals surface area contributed by atoms with Crippen molar-refractivity contribution in [2.24, 2.45) is 0 Å². The molecule has 254 valence electrons. The molecule has 4 aromatic rings. The van der Waals surface area contributed by atoms with Gasteiger partial charge in [-0.2, -0.15) is 0 Å². The van der Waals surface area contributed by atoms with E-state index in [4.69, 9.17) is 23.7 Å². The monoisotopic (exact) mass is 661 g/mol. The molecule has 3 unspecified atom stereocenters. The summed E-state index contributed by atoms with van der Waals surface area (Å²) >= 11 is 0. The molecule has 13 nitrogen and oxygen atoms in total. The van der Waals surface area contributed by atoms with E-state index < -0.39 is 24.1 Å². The van der Waals surface area contributed by atoms with Crippen LogP contribution >= 0.6 is 0 Å². The lowest BCUT2D eigenvalue weighted by atomic mass is 10.1. The van der Waals surface area contributed by atoms with Gasteiger partial charge in [0.2, 0.25) is 0 Å². The smallest absolute Gasteiger partial charge is 0.347 e. The van der Waals surface area contributed by atoms with Gasteiger partial charge in [0.1, 0.15) is 34.5 Å². The summed E-state index contributed by atoms with van der Waals surface area (Å²) in [6.07, 6.45) is -0.366. The molecule has 13 heteroatoms. The Hall–Kier alpha value is -5.59. The second-order valence-electron chi connectivity index (χ2n) is 10.8. The molecule has 0 aliphatic carbocycles. The summed E-state index contributed by atoms with van der Waals surface area (Å²) in [6, 6.07) is 13.5. The Bertz CT molecular complexity index is 1670. The number of carbonyl (C=O) groups is 2. The van der Waals surface area contributed by atoms with Crippen LogP contribution in [0.3, 0.4) is 0 Å². The van der Waals surface area contributed by atoms with Gasteiger partial charge in [-0.05, 0) is 62.6 Å². The van der Waals surface area contributed by atoms with Crippen molar-refractivity contribution < 1.29 is 48.6 Å². The highest BCUT2D eigenvalue weighted by Crippen LogP contribution is 2.38. The lowest BCUT2D eigenvalue weighted by Crippen LogP contribution is -2.27. The number of aromatic hydroxyl groups is 3. The standard InChI is InChI=1S/C35H39N3O10/c1-7-19(4)46-20-10-13-23(26(39)16-20)31-36-32(24-14-11-21(17-27(24)40)47-29(8-2)34(42)44-5)38-33(37-31)25-15-12-22(18-28(25)41)48-30(9-3)35(43)45-6/h10-19,29-30,39-41H,7-9H2,1-6H3. The number of rotatable bonds is 14. The molecule has 1 heterocycles. The zero-order valence-electron chi connectivity index (χ0n) is 27.6. The van der Waals surface area contributed by atoms with Crippen LogP contribution in [0.1, 0.15) is 47.0 Å². The Labute approximate surface area is 278 Å². The van der Waals surface area contributed by atoms with Crippen LogP contribution in [0.15, 0.2) is 54.6 Å². The highest BCUT2D eigenvalue weighted by atomic mass is 16.6. The third-order valence-electron chi connectivity index (χ3n) is 7.40. The first-order chi connectivity index (χ1) is 23.0. The van der Waals surface area contributed by atoms with Crippen LogP contribution in [0.2, 0.25) is 0 Å². The van der Waals surface area contributed by atoms with Crippen molar-refractivity contribution in [3.63, 3.8) is 0 Å². The molecule has 0 saturated carbocycles. The molecule has 0 spiro atoms. The lowest BCUT2D eigenvalue weighted by molar-refractivity contribution is -0.149. The minimum Gasteiger partial charge on any atom is -0.507 e. The van der Waals surface area contributed by atoms with Gasteiger partial charge >= 0.3 is 11.9 Å². The van der Waals surface area contributed by atoms with Crippen molar-refractivity contribution in [3.8, 4) is 68.7 Å². The zero-order valence-corrected chi connectivity index (χ0v) is 27.6. The average molecular weight is 662 g/mol. The Morgan fingerprint density at radius 1 is 0.583 bits per heavy atom. The molecule has 3 aromatic carbocycles. The highest BCUT2D eigenvalue weighted by molar-refractivity contribution is 5.77. The number of nitrogens with zero attached hydrogens (tertiary/aromatic N) is 3. The summed E-state index contributed by atoms with van der Waals surface area (Å²) in [7, 11) is 2.52. The zero-order chi connectivity index (χ0) is 35.0. The first kappa shape index (κ1) is 35.3. The van der Waals surface area contributed by atoms with Crippen molar-refractivity contribution in [2.45, 2.75) is 65.3 Å². The maximum absolute atomic E-state index is 12.0. The number of benzene rings is 3. The van der Waals surface area contributed by atoms with E-state index in [9.17, 15) is 24.9 Å². The number of ether oxygens (including phenoxy) is 5. The van der Waals surface area contributed by atoms with Crippen LogP contribution in [0.5, 0.6) is 34.5 Å². The van der Waals surface area contributed by atoms with E-state index >= 15 is 0 Å². The Morgan fingerprint density at radius 3 is 1.19 bits per heavy atom. The molecule has 3 N–H and O–H groups in total. The van der Waals surface area contributed by atoms with Gasteiger partial charge in [-0.25, -0.2) is 24.5 Å². The molecule has 0 radical (unpaired) electrons. The van der Waals surface area contributed by atoms with Crippen LogP contribution in [-0.2, 0) is 19.1 Å². The minimum absolute atomic E-state index is 0.00913. The molecule has 3 atom stereocenters. The largest absolute Gasteiger partial charge is 0.507 e. The molecular formula is C35H39N3O10. The third kappa shape index (κ3) is 8.21. The van der Waals surface area contributed by atoms with Gasteiger partial charge in [0.05, 0.1) is 37.0 Å². The van der Waals surface area contributed by atoms with Gasteiger partial charge in [0.15, 0.2) is 29.7 Å².